The summed E-state index contributed by atoms with van der Waals surface area (Å²) in [5, 5.41) is 3.57. The van der Waals surface area contributed by atoms with Crippen LogP contribution in [0.2, 0.25) is 0 Å². The molecule has 4 nitrogen and oxygen atoms in total. The van der Waals surface area contributed by atoms with Gasteiger partial charge in [-0.2, -0.15) is 0 Å². The van der Waals surface area contributed by atoms with Crippen LogP contribution >= 0.6 is 0 Å². The zero-order chi connectivity index (χ0) is 15.2. The summed E-state index contributed by atoms with van der Waals surface area (Å²) in [5.41, 5.74) is 2.47. The predicted molar refractivity (Wildman–Crippen MR) is 89.2 cm³/mol. The topological polar surface area (TPSA) is 37.4 Å². The van der Waals surface area contributed by atoms with Gasteiger partial charge in [0.1, 0.15) is 0 Å². The van der Waals surface area contributed by atoms with Gasteiger partial charge in [0.05, 0.1) is 19.0 Å². The van der Waals surface area contributed by atoms with Gasteiger partial charge in [0.25, 0.3) is 0 Å². The van der Waals surface area contributed by atoms with E-state index in [-0.39, 0.29) is 0 Å². The number of nitrogens with zero attached hydrogens (tertiary/aromatic N) is 2. The first-order valence-electron chi connectivity index (χ1n) is 7.86. The summed E-state index contributed by atoms with van der Waals surface area (Å²) in [6.45, 7) is 3.32. The second-order valence-electron chi connectivity index (χ2n) is 5.77. The fourth-order valence-electron chi connectivity index (χ4n) is 2.90. The van der Waals surface area contributed by atoms with Gasteiger partial charge < -0.3 is 10.1 Å². The highest BCUT2D eigenvalue weighted by Gasteiger charge is 2.19. The maximum atomic E-state index is 5.08. The predicted octanol–water partition coefficient (Wildman–Crippen LogP) is 3.17. The summed E-state index contributed by atoms with van der Waals surface area (Å²) < 4.78 is 5.08. The molecule has 2 heterocycles. The van der Waals surface area contributed by atoms with Gasteiger partial charge in [-0.15, -0.1) is 0 Å². The minimum Gasteiger partial charge on any atom is -0.481 e. The van der Waals surface area contributed by atoms with Crippen LogP contribution in [0.4, 0.5) is 5.69 Å². The molecule has 0 amide bonds. The van der Waals surface area contributed by atoms with E-state index in [0.29, 0.717) is 11.9 Å². The van der Waals surface area contributed by atoms with Gasteiger partial charge in [-0.25, -0.2) is 4.98 Å². The number of benzene rings is 1. The Morgan fingerprint density at radius 2 is 1.91 bits per heavy atom. The Kier molecular flexibility index (Phi) is 4.91. The van der Waals surface area contributed by atoms with Crippen molar-refractivity contribution in [2.24, 2.45) is 0 Å². The van der Waals surface area contributed by atoms with Crippen molar-refractivity contribution >= 4 is 5.69 Å². The van der Waals surface area contributed by atoms with Crippen molar-refractivity contribution in [3.63, 3.8) is 0 Å². The summed E-state index contributed by atoms with van der Waals surface area (Å²) in [5.74, 6) is 0.656. The Hall–Kier alpha value is -2.07. The van der Waals surface area contributed by atoms with Crippen LogP contribution in [0.15, 0.2) is 48.7 Å². The smallest absolute Gasteiger partial charge is 0.213 e. The van der Waals surface area contributed by atoms with Gasteiger partial charge in [0.15, 0.2) is 0 Å². The Morgan fingerprint density at radius 1 is 1.14 bits per heavy atom. The van der Waals surface area contributed by atoms with E-state index < -0.39 is 0 Å². The molecule has 22 heavy (non-hydrogen) atoms. The molecule has 1 aliphatic heterocycles. The molecule has 1 saturated heterocycles. The molecular weight excluding hydrogens is 274 g/mol. The van der Waals surface area contributed by atoms with E-state index in [2.05, 4.69) is 45.5 Å². The van der Waals surface area contributed by atoms with Crippen molar-refractivity contribution in [2.45, 2.75) is 25.4 Å². The van der Waals surface area contributed by atoms with Crippen molar-refractivity contribution < 1.29 is 4.74 Å². The zero-order valence-electron chi connectivity index (χ0n) is 13.0. The van der Waals surface area contributed by atoms with Crippen molar-refractivity contribution in [3.05, 3.63) is 54.2 Å². The van der Waals surface area contributed by atoms with E-state index >= 15 is 0 Å². The van der Waals surface area contributed by atoms with Gasteiger partial charge in [-0.3, -0.25) is 4.90 Å². The number of pyridine rings is 1. The van der Waals surface area contributed by atoms with E-state index in [0.717, 1.165) is 25.3 Å². The average molecular weight is 297 g/mol. The second kappa shape index (κ2) is 7.27. The third-order valence-electron chi connectivity index (χ3n) is 4.15. The molecular formula is C18H23N3O. The molecule has 0 bridgehead atoms. The number of likely N-dealkylation sites (tertiary alicyclic amines) is 1. The highest BCUT2D eigenvalue weighted by molar-refractivity contribution is 5.43. The molecule has 1 aromatic heterocycles. The molecule has 1 N–H and O–H groups in total. The van der Waals surface area contributed by atoms with Gasteiger partial charge >= 0.3 is 0 Å². The lowest BCUT2D eigenvalue weighted by Crippen LogP contribution is -2.38. The zero-order valence-corrected chi connectivity index (χ0v) is 13.0. The molecule has 116 valence electrons. The van der Waals surface area contributed by atoms with Crippen LogP contribution in [-0.2, 0) is 6.54 Å². The summed E-state index contributed by atoms with van der Waals surface area (Å²) in [7, 11) is 1.64. The van der Waals surface area contributed by atoms with Crippen LogP contribution in [-0.4, -0.2) is 36.1 Å². The van der Waals surface area contributed by atoms with Gasteiger partial charge in [-0.05, 0) is 24.5 Å². The first kappa shape index (κ1) is 14.9. The van der Waals surface area contributed by atoms with Crippen LogP contribution in [0.25, 0.3) is 0 Å². The molecule has 3 rings (SSSR count). The summed E-state index contributed by atoms with van der Waals surface area (Å²) in [6, 6.07) is 15.2. The van der Waals surface area contributed by atoms with Crippen LogP contribution in [0.5, 0.6) is 5.88 Å². The lowest BCUT2D eigenvalue weighted by atomic mass is 10.0. The molecule has 2 aromatic rings. The van der Waals surface area contributed by atoms with Crippen LogP contribution in [0.1, 0.15) is 18.4 Å². The minimum atomic E-state index is 0.530. The molecule has 0 unspecified atom stereocenters. The van der Waals surface area contributed by atoms with Crippen molar-refractivity contribution in [3.8, 4) is 5.88 Å². The normalized spacial score (nSPS) is 16.4. The van der Waals surface area contributed by atoms with E-state index in [1.807, 2.05) is 18.3 Å². The fourth-order valence-corrected chi connectivity index (χ4v) is 2.90. The monoisotopic (exact) mass is 297 g/mol. The highest BCUT2D eigenvalue weighted by Crippen LogP contribution is 2.19. The third-order valence-corrected chi connectivity index (χ3v) is 4.15. The molecule has 0 aliphatic carbocycles. The maximum absolute atomic E-state index is 5.08. The quantitative estimate of drug-likeness (QED) is 0.920. The van der Waals surface area contributed by atoms with Crippen LogP contribution in [0.3, 0.4) is 0 Å². The number of rotatable bonds is 5. The molecule has 1 fully saturated rings. The number of piperidine rings is 1. The lowest BCUT2D eigenvalue weighted by Gasteiger charge is -2.32. The van der Waals surface area contributed by atoms with Crippen molar-refractivity contribution in [1.82, 2.24) is 9.88 Å². The number of hydrogen-bond donors (Lipinski definition) is 1. The first-order valence-corrected chi connectivity index (χ1v) is 7.86. The number of aromatic nitrogens is 1. The minimum absolute atomic E-state index is 0.530. The molecule has 0 atom stereocenters. The van der Waals surface area contributed by atoms with E-state index in [1.165, 1.54) is 18.4 Å². The number of methoxy groups -OCH3 is 1. The third kappa shape index (κ3) is 3.98. The molecule has 1 aliphatic rings. The van der Waals surface area contributed by atoms with Gasteiger partial charge in [0, 0.05) is 31.7 Å². The SMILES string of the molecule is COc1ccc(NC2CCN(Cc3ccccc3)CC2)cn1. The van der Waals surface area contributed by atoms with E-state index in [1.54, 1.807) is 7.11 Å². The first-order chi connectivity index (χ1) is 10.8. The van der Waals surface area contributed by atoms with Crippen LogP contribution < -0.4 is 10.1 Å². The maximum Gasteiger partial charge on any atom is 0.213 e. The number of hydrogen-bond acceptors (Lipinski definition) is 4. The molecule has 0 radical (unpaired) electrons. The van der Waals surface area contributed by atoms with E-state index in [4.69, 9.17) is 4.74 Å². The molecule has 0 saturated carbocycles. The standard InChI is InChI=1S/C18H23N3O/c1-22-18-8-7-17(13-19-18)20-16-9-11-21(12-10-16)14-15-5-3-2-4-6-15/h2-8,13,16,20H,9-12,14H2,1H3. The molecule has 4 heteroatoms. The molecule has 1 aromatic carbocycles. The Morgan fingerprint density at radius 3 is 2.55 bits per heavy atom. The Labute approximate surface area is 132 Å². The van der Waals surface area contributed by atoms with Crippen molar-refractivity contribution in [1.29, 1.82) is 0 Å². The summed E-state index contributed by atoms with van der Waals surface area (Å²) in [4.78, 5) is 6.77. The second-order valence-corrected chi connectivity index (χ2v) is 5.77. The highest BCUT2D eigenvalue weighted by atomic mass is 16.5. The summed E-state index contributed by atoms with van der Waals surface area (Å²) >= 11 is 0. The van der Waals surface area contributed by atoms with Crippen molar-refractivity contribution in [2.75, 3.05) is 25.5 Å². The lowest BCUT2D eigenvalue weighted by molar-refractivity contribution is 0.211. The van der Waals surface area contributed by atoms with Gasteiger partial charge in [0.2, 0.25) is 5.88 Å². The van der Waals surface area contributed by atoms with Crippen LogP contribution in [0, 0.1) is 0 Å². The number of anilines is 1. The molecule has 0 spiro atoms. The Balaban J connectivity index is 1.47. The average Bonchev–Trinajstić information content (AvgIpc) is 2.58. The van der Waals surface area contributed by atoms with E-state index in [9.17, 15) is 0 Å². The summed E-state index contributed by atoms with van der Waals surface area (Å²) in [6.07, 6.45) is 4.17. The fraction of sp³-hybridized carbons (Fsp3) is 0.389. The Bertz CT molecular complexity index is 563. The van der Waals surface area contributed by atoms with Gasteiger partial charge in [-0.1, -0.05) is 30.3 Å². The number of ether oxygens (including phenoxy) is 1. The largest absolute Gasteiger partial charge is 0.481 e. The number of nitrogens with one attached hydrogen (secondary N) is 1.